The van der Waals surface area contributed by atoms with Gasteiger partial charge in [0.15, 0.2) is 0 Å². The van der Waals surface area contributed by atoms with E-state index in [-0.39, 0.29) is 6.10 Å². The molecule has 2 fully saturated rings. The van der Waals surface area contributed by atoms with Gasteiger partial charge >= 0.3 is 0 Å². The molecule has 0 bridgehead atoms. The SMILES string of the molecule is N[C@@H]1CC[C@H]2OCCO[C@@H]2C1. The van der Waals surface area contributed by atoms with Crippen molar-refractivity contribution in [1.82, 2.24) is 0 Å². The van der Waals surface area contributed by atoms with Crippen LogP contribution in [0.15, 0.2) is 0 Å². The van der Waals surface area contributed by atoms with Crippen molar-refractivity contribution in [2.45, 2.75) is 37.5 Å². The van der Waals surface area contributed by atoms with Crippen molar-refractivity contribution in [3.8, 4) is 0 Å². The molecule has 0 radical (unpaired) electrons. The van der Waals surface area contributed by atoms with Crippen molar-refractivity contribution >= 4 is 0 Å². The Bertz CT molecular complexity index is 140. The van der Waals surface area contributed by atoms with E-state index in [2.05, 4.69) is 0 Å². The Labute approximate surface area is 66.8 Å². The molecule has 0 aromatic carbocycles. The van der Waals surface area contributed by atoms with E-state index in [1.54, 1.807) is 0 Å². The fourth-order valence-corrected chi connectivity index (χ4v) is 1.90. The molecule has 64 valence electrons. The number of ether oxygens (including phenoxy) is 2. The topological polar surface area (TPSA) is 44.5 Å². The van der Waals surface area contributed by atoms with E-state index in [0.717, 1.165) is 32.5 Å². The summed E-state index contributed by atoms with van der Waals surface area (Å²) in [5.74, 6) is 0. The van der Waals surface area contributed by atoms with E-state index in [1.807, 2.05) is 0 Å². The fourth-order valence-electron chi connectivity index (χ4n) is 1.90. The fraction of sp³-hybridized carbons (Fsp3) is 1.00. The van der Waals surface area contributed by atoms with Gasteiger partial charge in [-0.2, -0.15) is 0 Å². The highest BCUT2D eigenvalue weighted by Crippen LogP contribution is 2.25. The quantitative estimate of drug-likeness (QED) is 0.549. The minimum Gasteiger partial charge on any atom is -0.373 e. The summed E-state index contributed by atoms with van der Waals surface area (Å²) < 4.78 is 11.1. The van der Waals surface area contributed by atoms with Gasteiger partial charge < -0.3 is 15.2 Å². The summed E-state index contributed by atoms with van der Waals surface area (Å²) in [6.45, 7) is 1.50. The van der Waals surface area contributed by atoms with Gasteiger partial charge in [-0.1, -0.05) is 0 Å². The van der Waals surface area contributed by atoms with Crippen LogP contribution in [0.3, 0.4) is 0 Å². The lowest BCUT2D eigenvalue weighted by atomic mass is 9.90. The van der Waals surface area contributed by atoms with Gasteiger partial charge in [-0.05, 0) is 19.3 Å². The van der Waals surface area contributed by atoms with Gasteiger partial charge in [0.25, 0.3) is 0 Å². The highest BCUT2D eigenvalue weighted by molar-refractivity contribution is 4.84. The van der Waals surface area contributed by atoms with Crippen molar-refractivity contribution in [3.63, 3.8) is 0 Å². The Balaban J connectivity index is 1.93. The molecule has 2 aliphatic rings. The van der Waals surface area contributed by atoms with Gasteiger partial charge in [-0.3, -0.25) is 0 Å². The van der Waals surface area contributed by atoms with Gasteiger partial charge in [0.05, 0.1) is 25.4 Å². The summed E-state index contributed by atoms with van der Waals surface area (Å²) in [6, 6.07) is 0.331. The second-order valence-electron chi connectivity index (χ2n) is 3.39. The Morgan fingerprint density at radius 1 is 1.00 bits per heavy atom. The van der Waals surface area contributed by atoms with Gasteiger partial charge in [-0.25, -0.2) is 0 Å². The van der Waals surface area contributed by atoms with Crippen LogP contribution >= 0.6 is 0 Å². The molecule has 2 N–H and O–H groups in total. The van der Waals surface area contributed by atoms with Gasteiger partial charge in [0, 0.05) is 6.04 Å². The van der Waals surface area contributed by atoms with Crippen LogP contribution in [0.1, 0.15) is 19.3 Å². The third-order valence-corrected chi connectivity index (χ3v) is 2.52. The number of hydrogen-bond acceptors (Lipinski definition) is 3. The monoisotopic (exact) mass is 157 g/mol. The predicted octanol–water partition coefficient (Wildman–Crippen LogP) is 0.282. The van der Waals surface area contributed by atoms with Crippen LogP contribution in [0.25, 0.3) is 0 Å². The third-order valence-electron chi connectivity index (χ3n) is 2.52. The third kappa shape index (κ3) is 1.55. The van der Waals surface area contributed by atoms with Gasteiger partial charge in [0.2, 0.25) is 0 Å². The van der Waals surface area contributed by atoms with E-state index < -0.39 is 0 Å². The Kier molecular flexibility index (Phi) is 2.11. The molecular weight excluding hydrogens is 142 g/mol. The van der Waals surface area contributed by atoms with Crippen molar-refractivity contribution in [3.05, 3.63) is 0 Å². The predicted molar refractivity (Wildman–Crippen MR) is 41.3 cm³/mol. The molecule has 3 atom stereocenters. The van der Waals surface area contributed by atoms with E-state index in [4.69, 9.17) is 15.2 Å². The molecule has 1 aliphatic heterocycles. The summed E-state index contributed by atoms with van der Waals surface area (Å²) in [5.41, 5.74) is 5.81. The van der Waals surface area contributed by atoms with Crippen LogP contribution in [0.2, 0.25) is 0 Å². The molecule has 1 heterocycles. The Morgan fingerprint density at radius 2 is 1.73 bits per heavy atom. The normalized spacial score (nSPS) is 45.0. The zero-order chi connectivity index (χ0) is 7.68. The zero-order valence-electron chi connectivity index (χ0n) is 6.66. The first kappa shape index (κ1) is 7.53. The zero-order valence-corrected chi connectivity index (χ0v) is 6.66. The van der Waals surface area contributed by atoms with Crippen LogP contribution in [0.5, 0.6) is 0 Å². The molecule has 1 saturated carbocycles. The molecule has 0 spiro atoms. The maximum atomic E-state index is 5.81. The minimum atomic E-state index is 0.285. The highest BCUT2D eigenvalue weighted by atomic mass is 16.6. The van der Waals surface area contributed by atoms with E-state index in [0.29, 0.717) is 12.1 Å². The van der Waals surface area contributed by atoms with Crippen molar-refractivity contribution in [1.29, 1.82) is 0 Å². The summed E-state index contributed by atoms with van der Waals surface area (Å²) in [5, 5.41) is 0. The average molecular weight is 157 g/mol. The van der Waals surface area contributed by atoms with E-state index >= 15 is 0 Å². The minimum absolute atomic E-state index is 0.285. The standard InChI is InChI=1S/C8H15NO2/c9-6-1-2-7-8(5-6)11-4-3-10-7/h6-8H,1-5,9H2/t6-,7-,8-/m1/s1. The average Bonchev–Trinajstić information content (AvgIpc) is 2.04. The lowest BCUT2D eigenvalue weighted by Crippen LogP contribution is -2.46. The summed E-state index contributed by atoms with van der Waals surface area (Å²) >= 11 is 0. The number of hydrogen-bond donors (Lipinski definition) is 1. The second kappa shape index (κ2) is 3.09. The molecule has 11 heavy (non-hydrogen) atoms. The van der Waals surface area contributed by atoms with Crippen LogP contribution < -0.4 is 5.73 Å². The molecule has 3 heteroatoms. The summed E-state index contributed by atoms with van der Waals surface area (Å²) in [4.78, 5) is 0. The maximum Gasteiger partial charge on any atom is 0.0852 e. The molecule has 0 aromatic rings. The molecule has 0 unspecified atom stereocenters. The second-order valence-corrected chi connectivity index (χ2v) is 3.39. The molecule has 0 aromatic heterocycles. The first-order valence-corrected chi connectivity index (χ1v) is 4.35. The maximum absolute atomic E-state index is 5.81. The molecule has 1 saturated heterocycles. The highest BCUT2D eigenvalue weighted by Gasteiger charge is 2.32. The van der Waals surface area contributed by atoms with Crippen LogP contribution in [0.4, 0.5) is 0 Å². The largest absolute Gasteiger partial charge is 0.373 e. The smallest absolute Gasteiger partial charge is 0.0852 e. The number of fused-ring (bicyclic) bond motifs is 1. The van der Waals surface area contributed by atoms with E-state index in [1.165, 1.54) is 0 Å². The number of rotatable bonds is 0. The molecule has 1 aliphatic carbocycles. The first-order chi connectivity index (χ1) is 5.36. The van der Waals surface area contributed by atoms with Crippen molar-refractivity contribution < 1.29 is 9.47 Å². The van der Waals surface area contributed by atoms with Crippen LogP contribution in [-0.4, -0.2) is 31.5 Å². The molecule has 3 nitrogen and oxygen atoms in total. The molecular formula is C8H15NO2. The van der Waals surface area contributed by atoms with Gasteiger partial charge in [0.1, 0.15) is 0 Å². The molecule has 2 rings (SSSR count). The summed E-state index contributed by atoms with van der Waals surface area (Å²) in [7, 11) is 0. The Hall–Kier alpha value is -0.120. The summed E-state index contributed by atoms with van der Waals surface area (Å²) in [6.07, 6.45) is 3.76. The van der Waals surface area contributed by atoms with Crippen LogP contribution in [-0.2, 0) is 9.47 Å². The first-order valence-electron chi connectivity index (χ1n) is 4.35. The van der Waals surface area contributed by atoms with E-state index in [9.17, 15) is 0 Å². The lowest BCUT2D eigenvalue weighted by molar-refractivity contribution is -0.156. The van der Waals surface area contributed by atoms with Crippen LogP contribution in [0, 0.1) is 0 Å². The lowest BCUT2D eigenvalue weighted by Gasteiger charge is -2.37. The number of nitrogens with two attached hydrogens (primary N) is 1. The van der Waals surface area contributed by atoms with Crippen molar-refractivity contribution in [2.75, 3.05) is 13.2 Å². The van der Waals surface area contributed by atoms with Crippen molar-refractivity contribution in [2.24, 2.45) is 5.73 Å². The molecule has 0 amide bonds. The van der Waals surface area contributed by atoms with Gasteiger partial charge in [-0.15, -0.1) is 0 Å². The Morgan fingerprint density at radius 3 is 2.55 bits per heavy atom.